The van der Waals surface area contributed by atoms with Gasteiger partial charge in [0.15, 0.2) is 0 Å². The molecule has 0 bridgehead atoms. The highest BCUT2D eigenvalue weighted by atomic mass is 16.2. The van der Waals surface area contributed by atoms with E-state index in [-0.39, 0.29) is 17.9 Å². The third-order valence-electron chi connectivity index (χ3n) is 2.83. The summed E-state index contributed by atoms with van der Waals surface area (Å²) in [7, 11) is 0. The minimum Gasteiger partial charge on any atom is -0.348 e. The van der Waals surface area contributed by atoms with Crippen molar-refractivity contribution >= 4 is 11.8 Å². The Kier molecular flexibility index (Phi) is 4.89. The van der Waals surface area contributed by atoms with Gasteiger partial charge in [0, 0.05) is 6.92 Å². The van der Waals surface area contributed by atoms with Crippen molar-refractivity contribution in [2.45, 2.75) is 39.8 Å². The first-order valence-corrected chi connectivity index (χ1v) is 6.04. The highest BCUT2D eigenvalue weighted by Crippen LogP contribution is 2.16. The third kappa shape index (κ3) is 3.87. The van der Waals surface area contributed by atoms with E-state index in [0.29, 0.717) is 0 Å². The van der Waals surface area contributed by atoms with Crippen LogP contribution in [0, 0.1) is 6.92 Å². The molecule has 2 N–H and O–H groups in total. The van der Waals surface area contributed by atoms with Gasteiger partial charge < -0.3 is 10.6 Å². The van der Waals surface area contributed by atoms with E-state index in [0.717, 1.165) is 11.1 Å². The summed E-state index contributed by atoms with van der Waals surface area (Å²) in [5.74, 6) is -0.387. The Morgan fingerprint density at radius 2 is 1.72 bits per heavy atom. The van der Waals surface area contributed by atoms with Gasteiger partial charge in [-0.2, -0.15) is 0 Å². The Labute approximate surface area is 108 Å². The summed E-state index contributed by atoms with van der Waals surface area (Å²) in [6.07, 6.45) is 0. The molecule has 0 radical (unpaired) electrons. The van der Waals surface area contributed by atoms with E-state index in [1.54, 1.807) is 6.92 Å². The molecule has 4 heteroatoms. The molecule has 1 rings (SSSR count). The van der Waals surface area contributed by atoms with Crippen LogP contribution in [0.1, 0.15) is 37.9 Å². The van der Waals surface area contributed by atoms with Crippen molar-refractivity contribution in [2.24, 2.45) is 0 Å². The van der Waals surface area contributed by atoms with Crippen molar-refractivity contribution in [3.63, 3.8) is 0 Å². The van der Waals surface area contributed by atoms with Crippen LogP contribution in [-0.4, -0.2) is 17.9 Å². The molecule has 4 nitrogen and oxygen atoms in total. The molecule has 18 heavy (non-hydrogen) atoms. The first kappa shape index (κ1) is 14.2. The molecule has 2 amide bonds. The van der Waals surface area contributed by atoms with Crippen LogP contribution in [0.4, 0.5) is 0 Å². The number of benzene rings is 1. The van der Waals surface area contributed by atoms with Gasteiger partial charge >= 0.3 is 0 Å². The second-order valence-corrected chi connectivity index (χ2v) is 4.51. The van der Waals surface area contributed by atoms with Crippen molar-refractivity contribution in [2.75, 3.05) is 0 Å². The fourth-order valence-corrected chi connectivity index (χ4v) is 1.86. The summed E-state index contributed by atoms with van der Waals surface area (Å²) in [5.41, 5.74) is 2.22. The minimum absolute atomic E-state index is 0.0742. The van der Waals surface area contributed by atoms with Crippen molar-refractivity contribution in [1.82, 2.24) is 10.6 Å². The molecule has 0 heterocycles. The lowest BCUT2D eigenvalue weighted by molar-refractivity contribution is -0.128. The fourth-order valence-electron chi connectivity index (χ4n) is 1.86. The lowest BCUT2D eigenvalue weighted by Gasteiger charge is -2.19. The van der Waals surface area contributed by atoms with E-state index in [1.807, 2.05) is 38.1 Å². The Morgan fingerprint density at radius 1 is 1.11 bits per heavy atom. The van der Waals surface area contributed by atoms with Crippen molar-refractivity contribution in [1.29, 1.82) is 0 Å². The van der Waals surface area contributed by atoms with Gasteiger partial charge in [-0.3, -0.25) is 9.59 Å². The number of hydrogen-bond donors (Lipinski definition) is 2. The maximum atomic E-state index is 11.8. The van der Waals surface area contributed by atoms with Gasteiger partial charge in [0.25, 0.3) is 0 Å². The molecule has 0 fully saturated rings. The van der Waals surface area contributed by atoms with Crippen LogP contribution in [0.3, 0.4) is 0 Å². The Balaban J connectivity index is 2.65. The SMILES string of the molecule is CC(=O)N[C@@H](C)C(=O)N[C@@H](C)c1ccccc1C. The number of carbonyl (C=O) groups excluding carboxylic acids is 2. The van der Waals surface area contributed by atoms with Gasteiger partial charge in [0.05, 0.1) is 6.04 Å². The van der Waals surface area contributed by atoms with E-state index in [4.69, 9.17) is 0 Å². The molecule has 2 atom stereocenters. The first-order valence-electron chi connectivity index (χ1n) is 6.04. The molecule has 0 unspecified atom stereocenters. The van der Waals surface area contributed by atoms with Crippen LogP contribution in [0.15, 0.2) is 24.3 Å². The molecular formula is C14H20N2O2. The number of nitrogens with one attached hydrogen (secondary N) is 2. The van der Waals surface area contributed by atoms with Crippen LogP contribution in [0.25, 0.3) is 0 Å². The van der Waals surface area contributed by atoms with E-state index >= 15 is 0 Å². The van der Waals surface area contributed by atoms with E-state index in [9.17, 15) is 9.59 Å². The number of carbonyl (C=O) groups is 2. The minimum atomic E-state index is -0.519. The van der Waals surface area contributed by atoms with Crippen LogP contribution in [0.2, 0.25) is 0 Å². The Bertz CT molecular complexity index is 443. The van der Waals surface area contributed by atoms with E-state index in [2.05, 4.69) is 10.6 Å². The molecule has 98 valence electrons. The molecule has 0 aliphatic carbocycles. The molecular weight excluding hydrogens is 228 g/mol. The molecule has 0 aliphatic rings. The number of rotatable bonds is 4. The average Bonchev–Trinajstić information content (AvgIpc) is 2.28. The number of amides is 2. The molecule has 1 aromatic rings. The van der Waals surface area contributed by atoms with E-state index in [1.165, 1.54) is 6.92 Å². The molecule has 1 aromatic carbocycles. The lowest BCUT2D eigenvalue weighted by Crippen LogP contribution is -2.44. The Hall–Kier alpha value is -1.84. The molecule has 0 aromatic heterocycles. The smallest absolute Gasteiger partial charge is 0.242 e. The maximum Gasteiger partial charge on any atom is 0.242 e. The van der Waals surface area contributed by atoms with Gasteiger partial charge in [-0.15, -0.1) is 0 Å². The predicted molar refractivity (Wildman–Crippen MR) is 71.0 cm³/mol. The summed E-state index contributed by atoms with van der Waals surface area (Å²) in [6.45, 7) is 7.01. The standard InChI is InChI=1S/C14H20N2O2/c1-9-7-5-6-8-13(9)10(2)16-14(18)11(3)15-12(4)17/h5-8,10-11H,1-4H3,(H,15,17)(H,16,18)/t10-,11-/m0/s1. The monoisotopic (exact) mass is 248 g/mol. The Morgan fingerprint density at radius 3 is 2.28 bits per heavy atom. The zero-order valence-electron chi connectivity index (χ0n) is 11.3. The summed E-state index contributed by atoms with van der Waals surface area (Å²) < 4.78 is 0. The summed E-state index contributed by atoms with van der Waals surface area (Å²) in [6, 6.07) is 7.32. The van der Waals surface area contributed by atoms with Crippen molar-refractivity contribution < 1.29 is 9.59 Å². The molecule has 0 saturated carbocycles. The van der Waals surface area contributed by atoms with E-state index < -0.39 is 6.04 Å². The zero-order valence-corrected chi connectivity index (χ0v) is 11.3. The largest absolute Gasteiger partial charge is 0.348 e. The molecule has 0 spiro atoms. The summed E-state index contributed by atoms with van der Waals surface area (Å²) >= 11 is 0. The number of aryl methyl sites for hydroxylation is 1. The average molecular weight is 248 g/mol. The van der Waals surface area contributed by atoms with Crippen LogP contribution in [-0.2, 0) is 9.59 Å². The van der Waals surface area contributed by atoms with Gasteiger partial charge in [0.2, 0.25) is 11.8 Å². The highest BCUT2D eigenvalue weighted by molar-refractivity contribution is 5.86. The normalized spacial score (nSPS) is 13.6. The van der Waals surface area contributed by atoms with Gasteiger partial charge in [-0.05, 0) is 31.9 Å². The number of hydrogen-bond acceptors (Lipinski definition) is 2. The molecule has 0 saturated heterocycles. The van der Waals surface area contributed by atoms with Gasteiger partial charge in [-0.1, -0.05) is 24.3 Å². The van der Waals surface area contributed by atoms with Crippen LogP contribution < -0.4 is 10.6 Å². The van der Waals surface area contributed by atoms with Crippen molar-refractivity contribution in [3.05, 3.63) is 35.4 Å². The zero-order chi connectivity index (χ0) is 13.7. The summed E-state index contributed by atoms with van der Waals surface area (Å²) in [4.78, 5) is 22.7. The molecule has 0 aliphatic heterocycles. The maximum absolute atomic E-state index is 11.8. The third-order valence-corrected chi connectivity index (χ3v) is 2.83. The second-order valence-electron chi connectivity index (χ2n) is 4.51. The predicted octanol–water partition coefficient (Wildman–Crippen LogP) is 1.70. The van der Waals surface area contributed by atoms with Crippen LogP contribution in [0.5, 0.6) is 0 Å². The van der Waals surface area contributed by atoms with Crippen LogP contribution >= 0.6 is 0 Å². The van der Waals surface area contributed by atoms with Crippen molar-refractivity contribution in [3.8, 4) is 0 Å². The lowest BCUT2D eigenvalue weighted by atomic mass is 10.0. The second kappa shape index (κ2) is 6.19. The van der Waals surface area contributed by atoms with Gasteiger partial charge in [-0.25, -0.2) is 0 Å². The fraction of sp³-hybridized carbons (Fsp3) is 0.429. The highest BCUT2D eigenvalue weighted by Gasteiger charge is 2.17. The quantitative estimate of drug-likeness (QED) is 0.852. The van der Waals surface area contributed by atoms with Gasteiger partial charge in [0.1, 0.15) is 6.04 Å². The summed E-state index contributed by atoms with van der Waals surface area (Å²) in [5, 5.41) is 5.45. The topological polar surface area (TPSA) is 58.2 Å². The first-order chi connectivity index (χ1) is 8.41.